The van der Waals surface area contributed by atoms with Crippen LogP contribution in [0.3, 0.4) is 0 Å². The van der Waals surface area contributed by atoms with Gasteiger partial charge in [-0.15, -0.1) is 0 Å². The van der Waals surface area contributed by atoms with Crippen LogP contribution in [0, 0.1) is 0 Å². The number of aromatic hydroxyl groups is 1. The quantitative estimate of drug-likeness (QED) is 0.597. The Morgan fingerprint density at radius 1 is 1.00 bits per heavy atom. The van der Waals surface area contributed by atoms with Crippen LogP contribution in [0.2, 0.25) is 10.0 Å². The zero-order chi connectivity index (χ0) is 12.3. The summed E-state index contributed by atoms with van der Waals surface area (Å²) >= 11 is 11.8. The Balaban J connectivity index is 2.07. The fourth-order valence-electron chi connectivity index (χ4n) is 2.31. The van der Waals surface area contributed by atoms with Crippen molar-refractivity contribution in [3.05, 3.63) is 22.2 Å². The highest BCUT2D eigenvalue weighted by molar-refractivity contribution is 6.37. The molecule has 1 aliphatic rings. The van der Waals surface area contributed by atoms with Crippen molar-refractivity contribution in [2.75, 3.05) is 5.32 Å². The third kappa shape index (κ3) is 3.43. The molecule has 17 heavy (non-hydrogen) atoms. The van der Waals surface area contributed by atoms with Crippen molar-refractivity contribution in [3.8, 4) is 5.75 Å². The van der Waals surface area contributed by atoms with Gasteiger partial charge in [0.2, 0.25) is 0 Å². The lowest BCUT2D eigenvalue weighted by Crippen LogP contribution is -2.18. The fraction of sp³-hybridized carbons (Fsp3) is 0.538. The average Bonchev–Trinajstić information content (AvgIpc) is 2.54. The maximum absolute atomic E-state index is 9.49. The van der Waals surface area contributed by atoms with E-state index in [1.165, 1.54) is 38.5 Å². The first-order valence-corrected chi connectivity index (χ1v) is 6.87. The molecule has 1 fully saturated rings. The third-order valence-corrected chi connectivity index (χ3v) is 3.82. The van der Waals surface area contributed by atoms with E-state index in [-0.39, 0.29) is 5.75 Å². The van der Waals surface area contributed by atoms with Crippen molar-refractivity contribution in [2.24, 2.45) is 0 Å². The highest BCUT2D eigenvalue weighted by atomic mass is 35.5. The van der Waals surface area contributed by atoms with E-state index in [1.807, 2.05) is 0 Å². The lowest BCUT2D eigenvalue weighted by atomic mass is 10.1. The van der Waals surface area contributed by atoms with Gasteiger partial charge in [-0.2, -0.15) is 0 Å². The van der Waals surface area contributed by atoms with Crippen LogP contribution in [0.25, 0.3) is 0 Å². The molecule has 0 aromatic heterocycles. The van der Waals surface area contributed by atoms with Crippen molar-refractivity contribution >= 4 is 28.9 Å². The highest BCUT2D eigenvalue weighted by Gasteiger charge is 2.13. The summed E-state index contributed by atoms with van der Waals surface area (Å²) in [5, 5.41) is 13.5. The monoisotopic (exact) mass is 273 g/mol. The molecule has 0 saturated heterocycles. The Morgan fingerprint density at radius 3 is 2.06 bits per heavy atom. The number of phenols is 1. The Morgan fingerprint density at radius 2 is 1.53 bits per heavy atom. The smallest absolute Gasteiger partial charge is 0.152 e. The number of hydrogen-bond donors (Lipinski definition) is 2. The van der Waals surface area contributed by atoms with Crippen molar-refractivity contribution in [1.82, 2.24) is 0 Å². The van der Waals surface area contributed by atoms with Crippen molar-refractivity contribution in [1.29, 1.82) is 0 Å². The van der Waals surface area contributed by atoms with E-state index in [0.717, 1.165) is 5.69 Å². The predicted molar refractivity (Wildman–Crippen MR) is 73.2 cm³/mol. The van der Waals surface area contributed by atoms with Gasteiger partial charge < -0.3 is 10.4 Å². The van der Waals surface area contributed by atoms with Crippen molar-refractivity contribution < 1.29 is 5.11 Å². The third-order valence-electron chi connectivity index (χ3n) is 3.24. The molecule has 1 saturated carbocycles. The number of anilines is 1. The molecule has 0 unspecified atom stereocenters. The van der Waals surface area contributed by atoms with Crippen LogP contribution in [0.4, 0.5) is 5.69 Å². The molecule has 2 nitrogen and oxygen atoms in total. The standard InChI is InChI=1S/C13H17Cl2NO/c14-11-7-10(8-12(15)13(11)17)16-9-5-3-1-2-4-6-9/h7-9,16-17H,1-6H2. The van der Waals surface area contributed by atoms with E-state index in [0.29, 0.717) is 16.1 Å². The average molecular weight is 274 g/mol. The van der Waals surface area contributed by atoms with Crippen LogP contribution in [0.15, 0.2) is 12.1 Å². The summed E-state index contributed by atoms with van der Waals surface area (Å²) in [6.45, 7) is 0. The van der Waals surface area contributed by atoms with Crippen LogP contribution < -0.4 is 5.32 Å². The first-order valence-electron chi connectivity index (χ1n) is 6.11. The summed E-state index contributed by atoms with van der Waals surface area (Å²) in [6.07, 6.45) is 7.59. The van der Waals surface area contributed by atoms with E-state index >= 15 is 0 Å². The lowest BCUT2D eigenvalue weighted by Gasteiger charge is -2.18. The number of hydrogen-bond acceptors (Lipinski definition) is 2. The van der Waals surface area contributed by atoms with Crippen LogP contribution in [-0.4, -0.2) is 11.1 Å². The van der Waals surface area contributed by atoms with E-state index < -0.39 is 0 Å². The molecule has 4 heteroatoms. The molecule has 1 aromatic carbocycles. The molecular formula is C13H17Cl2NO. The van der Waals surface area contributed by atoms with Crippen molar-refractivity contribution in [3.63, 3.8) is 0 Å². The van der Waals surface area contributed by atoms with Gasteiger partial charge in [-0.05, 0) is 25.0 Å². The van der Waals surface area contributed by atoms with Gasteiger partial charge in [0.1, 0.15) is 0 Å². The SMILES string of the molecule is Oc1c(Cl)cc(NC2CCCCCC2)cc1Cl. The molecule has 2 rings (SSSR count). The summed E-state index contributed by atoms with van der Waals surface area (Å²) in [6, 6.07) is 3.95. The Labute approximate surface area is 112 Å². The Bertz CT molecular complexity index is 364. The minimum absolute atomic E-state index is 0.0419. The van der Waals surface area contributed by atoms with Crippen LogP contribution in [0.5, 0.6) is 5.75 Å². The highest BCUT2D eigenvalue weighted by Crippen LogP contribution is 2.35. The second-order valence-corrected chi connectivity index (χ2v) is 5.44. The number of nitrogens with one attached hydrogen (secondary N) is 1. The minimum Gasteiger partial charge on any atom is -0.505 e. The topological polar surface area (TPSA) is 32.3 Å². The van der Waals surface area contributed by atoms with Gasteiger partial charge in [-0.3, -0.25) is 0 Å². The van der Waals surface area contributed by atoms with Gasteiger partial charge >= 0.3 is 0 Å². The molecule has 1 aliphatic carbocycles. The predicted octanol–water partition coefficient (Wildman–Crippen LogP) is 4.83. The first-order chi connectivity index (χ1) is 8.16. The van der Waals surface area contributed by atoms with Gasteiger partial charge in [-0.25, -0.2) is 0 Å². The van der Waals surface area contributed by atoms with Crippen LogP contribution in [-0.2, 0) is 0 Å². The summed E-state index contributed by atoms with van der Waals surface area (Å²) in [7, 11) is 0. The number of rotatable bonds is 2. The van der Waals surface area contributed by atoms with Crippen LogP contribution >= 0.6 is 23.2 Å². The van der Waals surface area contributed by atoms with Gasteiger partial charge in [-0.1, -0.05) is 48.9 Å². The number of phenolic OH excluding ortho intramolecular Hbond substituents is 1. The molecule has 0 heterocycles. The van der Waals surface area contributed by atoms with E-state index in [2.05, 4.69) is 5.32 Å². The molecule has 0 atom stereocenters. The molecule has 94 valence electrons. The molecule has 0 radical (unpaired) electrons. The molecule has 2 N–H and O–H groups in total. The molecular weight excluding hydrogens is 257 g/mol. The molecule has 0 amide bonds. The normalized spacial score (nSPS) is 17.8. The largest absolute Gasteiger partial charge is 0.505 e. The van der Waals surface area contributed by atoms with Crippen LogP contribution in [0.1, 0.15) is 38.5 Å². The fourth-order valence-corrected chi connectivity index (χ4v) is 2.80. The zero-order valence-corrected chi connectivity index (χ0v) is 11.2. The second-order valence-electron chi connectivity index (χ2n) is 4.62. The Kier molecular flexibility index (Phi) is 4.41. The summed E-state index contributed by atoms with van der Waals surface area (Å²) in [5.74, 6) is -0.0419. The molecule has 1 aromatic rings. The molecule has 0 spiro atoms. The van der Waals surface area contributed by atoms with E-state index in [4.69, 9.17) is 23.2 Å². The van der Waals surface area contributed by atoms with Gasteiger partial charge in [0, 0.05) is 11.7 Å². The lowest BCUT2D eigenvalue weighted by molar-refractivity contribution is 0.476. The van der Waals surface area contributed by atoms with Gasteiger partial charge in [0.25, 0.3) is 0 Å². The Hall–Kier alpha value is -0.600. The maximum atomic E-state index is 9.49. The number of benzene rings is 1. The van der Waals surface area contributed by atoms with Gasteiger partial charge in [0.05, 0.1) is 10.0 Å². The molecule has 0 bridgehead atoms. The minimum atomic E-state index is -0.0419. The summed E-state index contributed by atoms with van der Waals surface area (Å²) in [5.41, 5.74) is 0.893. The second kappa shape index (κ2) is 5.83. The maximum Gasteiger partial charge on any atom is 0.152 e. The van der Waals surface area contributed by atoms with E-state index in [1.54, 1.807) is 12.1 Å². The van der Waals surface area contributed by atoms with Crippen molar-refractivity contribution in [2.45, 2.75) is 44.6 Å². The zero-order valence-electron chi connectivity index (χ0n) is 9.68. The molecule has 0 aliphatic heterocycles. The summed E-state index contributed by atoms with van der Waals surface area (Å²) in [4.78, 5) is 0. The number of halogens is 2. The summed E-state index contributed by atoms with van der Waals surface area (Å²) < 4.78 is 0. The first kappa shape index (κ1) is 12.8. The van der Waals surface area contributed by atoms with Gasteiger partial charge in [0.15, 0.2) is 5.75 Å². The van der Waals surface area contributed by atoms with E-state index in [9.17, 15) is 5.11 Å².